The highest BCUT2D eigenvalue weighted by atomic mass is 16.5. The first-order chi connectivity index (χ1) is 7.24. The number of benzene rings is 1. The molecule has 0 N–H and O–H groups in total. The van der Waals surface area contributed by atoms with Gasteiger partial charge in [0.05, 0.1) is 12.7 Å². The Bertz CT molecular complexity index is 379. The van der Waals surface area contributed by atoms with E-state index in [1.165, 1.54) is 6.92 Å². The number of Topliss-reactive ketones (excluding diaryl/α,β-unsaturated/α-hetero) is 1. The fourth-order valence-electron chi connectivity index (χ4n) is 1.15. The van der Waals surface area contributed by atoms with Gasteiger partial charge in [-0.15, -0.1) is 0 Å². The zero-order valence-corrected chi connectivity index (χ0v) is 8.69. The van der Waals surface area contributed by atoms with Crippen LogP contribution in [0.15, 0.2) is 24.3 Å². The van der Waals surface area contributed by atoms with E-state index in [4.69, 9.17) is 10.00 Å². The van der Waals surface area contributed by atoms with Gasteiger partial charge in [0.25, 0.3) is 0 Å². The largest absolute Gasteiger partial charge is 0.494 e. The van der Waals surface area contributed by atoms with Crippen LogP contribution in [0.25, 0.3) is 0 Å². The van der Waals surface area contributed by atoms with Crippen LogP contribution in [0.2, 0.25) is 0 Å². The molecule has 3 nitrogen and oxygen atoms in total. The second-order valence-corrected chi connectivity index (χ2v) is 3.19. The van der Waals surface area contributed by atoms with E-state index in [0.29, 0.717) is 30.8 Å². The summed E-state index contributed by atoms with van der Waals surface area (Å²) in [4.78, 5) is 11.1. The minimum Gasteiger partial charge on any atom is -0.494 e. The van der Waals surface area contributed by atoms with Crippen LogP contribution in [-0.4, -0.2) is 12.4 Å². The summed E-state index contributed by atoms with van der Waals surface area (Å²) in [7, 11) is 0. The van der Waals surface area contributed by atoms with Gasteiger partial charge in [-0.25, -0.2) is 0 Å². The first-order valence-electron chi connectivity index (χ1n) is 4.85. The number of carbonyl (C=O) groups is 1. The molecule has 0 aromatic heterocycles. The van der Waals surface area contributed by atoms with Crippen molar-refractivity contribution in [2.24, 2.45) is 0 Å². The van der Waals surface area contributed by atoms with Crippen LogP contribution in [-0.2, 0) is 0 Å². The Labute approximate surface area is 89.3 Å². The molecule has 0 spiro atoms. The molecule has 0 heterocycles. The van der Waals surface area contributed by atoms with Gasteiger partial charge in [0.1, 0.15) is 5.75 Å². The maximum absolute atomic E-state index is 11.1. The number of nitrogens with zero attached hydrogens (tertiary/aromatic N) is 1. The Balaban J connectivity index is 2.51. The van der Waals surface area contributed by atoms with Crippen molar-refractivity contribution >= 4 is 5.78 Å². The van der Waals surface area contributed by atoms with Crippen molar-refractivity contribution in [1.82, 2.24) is 0 Å². The topological polar surface area (TPSA) is 50.1 Å². The molecule has 1 aromatic carbocycles. The Morgan fingerprint density at radius 3 is 3.00 bits per heavy atom. The SMILES string of the molecule is CC(=O)c1cccc(OCCCC#N)c1. The van der Waals surface area contributed by atoms with Gasteiger partial charge in [-0.1, -0.05) is 12.1 Å². The summed E-state index contributed by atoms with van der Waals surface area (Å²) in [6.45, 7) is 2.03. The quantitative estimate of drug-likeness (QED) is 0.546. The number of ether oxygens (including phenoxy) is 1. The first-order valence-corrected chi connectivity index (χ1v) is 4.85. The molecule has 0 atom stereocenters. The summed E-state index contributed by atoms with van der Waals surface area (Å²) in [5.74, 6) is 0.707. The van der Waals surface area contributed by atoms with E-state index in [9.17, 15) is 4.79 Å². The molecule has 1 aromatic rings. The Kier molecular flexibility index (Phi) is 4.36. The van der Waals surface area contributed by atoms with Gasteiger partial charge in [-0.2, -0.15) is 5.26 Å². The zero-order valence-electron chi connectivity index (χ0n) is 8.69. The third-order valence-corrected chi connectivity index (χ3v) is 1.94. The van der Waals surface area contributed by atoms with Crippen molar-refractivity contribution in [1.29, 1.82) is 5.26 Å². The third kappa shape index (κ3) is 3.82. The summed E-state index contributed by atoms with van der Waals surface area (Å²) in [5.41, 5.74) is 0.646. The average molecular weight is 203 g/mol. The second kappa shape index (κ2) is 5.82. The molecule has 0 aliphatic heterocycles. The van der Waals surface area contributed by atoms with Crippen molar-refractivity contribution in [3.05, 3.63) is 29.8 Å². The van der Waals surface area contributed by atoms with Crippen LogP contribution in [0, 0.1) is 11.3 Å². The van der Waals surface area contributed by atoms with E-state index in [0.717, 1.165) is 0 Å². The van der Waals surface area contributed by atoms with Gasteiger partial charge < -0.3 is 4.74 Å². The fraction of sp³-hybridized carbons (Fsp3) is 0.333. The van der Waals surface area contributed by atoms with E-state index in [1.54, 1.807) is 24.3 Å². The number of ketones is 1. The fourth-order valence-corrected chi connectivity index (χ4v) is 1.15. The number of hydrogen-bond donors (Lipinski definition) is 0. The first kappa shape index (κ1) is 11.3. The van der Waals surface area contributed by atoms with Crippen molar-refractivity contribution in [3.8, 4) is 11.8 Å². The van der Waals surface area contributed by atoms with Crippen LogP contribution in [0.4, 0.5) is 0 Å². The summed E-state index contributed by atoms with van der Waals surface area (Å²) >= 11 is 0. The molecule has 3 heteroatoms. The molecule has 78 valence electrons. The van der Waals surface area contributed by atoms with Crippen molar-refractivity contribution in [3.63, 3.8) is 0 Å². The predicted molar refractivity (Wildman–Crippen MR) is 56.8 cm³/mol. The number of rotatable bonds is 5. The molecule has 0 unspecified atom stereocenters. The maximum Gasteiger partial charge on any atom is 0.159 e. The lowest BCUT2D eigenvalue weighted by Crippen LogP contribution is -1.98. The Morgan fingerprint density at radius 2 is 2.33 bits per heavy atom. The van der Waals surface area contributed by atoms with E-state index in [2.05, 4.69) is 0 Å². The van der Waals surface area contributed by atoms with Gasteiger partial charge in [0, 0.05) is 12.0 Å². The summed E-state index contributed by atoms with van der Waals surface area (Å²) in [6, 6.07) is 9.11. The molecule has 0 aliphatic carbocycles. The van der Waals surface area contributed by atoms with Crippen LogP contribution < -0.4 is 4.74 Å². The standard InChI is InChI=1S/C12H13NO2/c1-10(14)11-5-4-6-12(9-11)15-8-3-2-7-13/h4-6,9H,2-3,8H2,1H3. The molecule has 15 heavy (non-hydrogen) atoms. The highest BCUT2D eigenvalue weighted by Gasteiger charge is 2.00. The summed E-state index contributed by atoms with van der Waals surface area (Å²) < 4.78 is 5.40. The van der Waals surface area contributed by atoms with Crippen LogP contribution in [0.3, 0.4) is 0 Å². The van der Waals surface area contributed by atoms with Crippen LogP contribution >= 0.6 is 0 Å². The minimum atomic E-state index is 0.0254. The lowest BCUT2D eigenvalue weighted by molar-refractivity contribution is 0.101. The molecule has 0 bridgehead atoms. The van der Waals surface area contributed by atoms with Gasteiger partial charge in [0.2, 0.25) is 0 Å². The number of unbranched alkanes of at least 4 members (excludes halogenated alkanes) is 1. The van der Waals surface area contributed by atoms with Crippen LogP contribution in [0.5, 0.6) is 5.75 Å². The van der Waals surface area contributed by atoms with Crippen molar-refractivity contribution in [2.75, 3.05) is 6.61 Å². The monoisotopic (exact) mass is 203 g/mol. The van der Waals surface area contributed by atoms with Gasteiger partial charge >= 0.3 is 0 Å². The molecular formula is C12H13NO2. The smallest absolute Gasteiger partial charge is 0.159 e. The molecular weight excluding hydrogens is 190 g/mol. The number of carbonyl (C=O) groups excluding carboxylic acids is 1. The van der Waals surface area contributed by atoms with Crippen LogP contribution in [0.1, 0.15) is 30.1 Å². The van der Waals surface area contributed by atoms with Crippen molar-refractivity contribution < 1.29 is 9.53 Å². The summed E-state index contributed by atoms with van der Waals surface area (Å²) in [6.07, 6.45) is 1.20. The molecule has 0 fully saturated rings. The average Bonchev–Trinajstić information content (AvgIpc) is 2.25. The number of nitriles is 1. The van der Waals surface area contributed by atoms with E-state index >= 15 is 0 Å². The van der Waals surface area contributed by atoms with Gasteiger partial charge in [-0.05, 0) is 25.5 Å². The van der Waals surface area contributed by atoms with E-state index < -0.39 is 0 Å². The van der Waals surface area contributed by atoms with Gasteiger partial charge in [0.15, 0.2) is 5.78 Å². The van der Waals surface area contributed by atoms with Crippen molar-refractivity contribution in [2.45, 2.75) is 19.8 Å². The third-order valence-electron chi connectivity index (χ3n) is 1.94. The lowest BCUT2D eigenvalue weighted by atomic mass is 10.1. The molecule has 0 amide bonds. The van der Waals surface area contributed by atoms with Gasteiger partial charge in [-0.3, -0.25) is 4.79 Å². The normalized spacial score (nSPS) is 9.33. The highest BCUT2D eigenvalue weighted by molar-refractivity contribution is 5.94. The lowest BCUT2D eigenvalue weighted by Gasteiger charge is -2.05. The molecule has 0 aliphatic rings. The van der Waals surface area contributed by atoms with E-state index in [1.807, 2.05) is 6.07 Å². The Morgan fingerprint density at radius 1 is 1.53 bits per heavy atom. The zero-order chi connectivity index (χ0) is 11.1. The molecule has 1 rings (SSSR count). The number of hydrogen-bond acceptors (Lipinski definition) is 3. The Hall–Kier alpha value is -1.82. The second-order valence-electron chi connectivity index (χ2n) is 3.19. The molecule has 0 radical (unpaired) electrons. The summed E-state index contributed by atoms with van der Waals surface area (Å²) in [5, 5.41) is 8.33. The highest BCUT2D eigenvalue weighted by Crippen LogP contribution is 2.13. The predicted octanol–water partition coefficient (Wildman–Crippen LogP) is 2.57. The maximum atomic E-state index is 11.1. The minimum absolute atomic E-state index is 0.0254. The molecule has 0 saturated heterocycles. The molecule has 0 saturated carbocycles. The van der Waals surface area contributed by atoms with E-state index in [-0.39, 0.29) is 5.78 Å².